The third kappa shape index (κ3) is 3.85. The fourth-order valence-electron chi connectivity index (χ4n) is 8.67. The Labute approximate surface area is 294 Å². The second-order valence-electron chi connectivity index (χ2n) is 14.1. The van der Waals surface area contributed by atoms with Crippen LogP contribution in [-0.4, -0.2) is 14.5 Å². The standard InChI is InChI=1S/C47H31N3O/c1-47(2)37-23-9-6-17-34(37)41-38(47)27-26-31-30-16-8-11-25-40(30)50(43(31)41)46-48-39-24-10-7-18-35(39)42(49-46)36-22-13-21-33-32-20-12-19-29(44(32)51-45(33)36)28-14-4-3-5-15-28/h3-27H,1-2H3. The van der Waals surface area contributed by atoms with Crippen LogP contribution < -0.4 is 0 Å². The molecule has 10 aromatic rings. The van der Waals surface area contributed by atoms with E-state index in [0.717, 1.165) is 66.3 Å². The first-order valence-corrected chi connectivity index (χ1v) is 17.5. The van der Waals surface area contributed by atoms with Crippen LogP contribution in [0.2, 0.25) is 0 Å². The van der Waals surface area contributed by atoms with Crippen molar-refractivity contribution in [2.45, 2.75) is 19.3 Å². The summed E-state index contributed by atoms with van der Waals surface area (Å²) in [5, 5.41) is 5.52. The molecule has 51 heavy (non-hydrogen) atoms. The van der Waals surface area contributed by atoms with Crippen molar-refractivity contribution < 1.29 is 4.42 Å². The predicted octanol–water partition coefficient (Wildman–Crippen LogP) is 12.3. The van der Waals surface area contributed by atoms with E-state index >= 15 is 0 Å². The van der Waals surface area contributed by atoms with Gasteiger partial charge < -0.3 is 4.42 Å². The van der Waals surface area contributed by atoms with Gasteiger partial charge in [-0.25, -0.2) is 9.97 Å². The summed E-state index contributed by atoms with van der Waals surface area (Å²) in [6.07, 6.45) is 0. The Balaban J connectivity index is 1.24. The number of para-hydroxylation sites is 4. The van der Waals surface area contributed by atoms with E-state index in [9.17, 15) is 0 Å². The molecular weight excluding hydrogens is 623 g/mol. The number of aromatic nitrogens is 3. The maximum Gasteiger partial charge on any atom is 0.235 e. The van der Waals surface area contributed by atoms with Crippen molar-refractivity contribution in [3.05, 3.63) is 163 Å². The quantitative estimate of drug-likeness (QED) is 0.191. The highest BCUT2D eigenvalue weighted by molar-refractivity contribution is 6.16. The van der Waals surface area contributed by atoms with Gasteiger partial charge in [0.15, 0.2) is 0 Å². The van der Waals surface area contributed by atoms with E-state index in [1.807, 2.05) is 6.07 Å². The average Bonchev–Trinajstić information content (AvgIpc) is 3.81. The minimum atomic E-state index is -0.133. The number of nitrogens with zero attached hydrogens (tertiary/aromatic N) is 3. The number of fused-ring (bicyclic) bond motifs is 11. The van der Waals surface area contributed by atoms with E-state index in [0.29, 0.717) is 5.95 Å². The van der Waals surface area contributed by atoms with E-state index in [4.69, 9.17) is 14.4 Å². The summed E-state index contributed by atoms with van der Waals surface area (Å²) >= 11 is 0. The SMILES string of the molecule is CC1(C)c2ccccc2-c2c1ccc1c3ccccc3n(-c3nc(-c4cccc5c4oc4c(-c6ccccc6)cccc45)c4ccccc4n3)c21. The summed E-state index contributed by atoms with van der Waals surface area (Å²) in [5.74, 6) is 0.642. The zero-order valence-electron chi connectivity index (χ0n) is 28.2. The zero-order chi connectivity index (χ0) is 33.8. The van der Waals surface area contributed by atoms with Crippen LogP contribution in [0.15, 0.2) is 156 Å². The molecule has 0 unspecified atom stereocenters. The lowest BCUT2D eigenvalue weighted by atomic mass is 9.82. The van der Waals surface area contributed by atoms with Gasteiger partial charge in [-0.2, -0.15) is 0 Å². The fourth-order valence-corrected chi connectivity index (χ4v) is 8.67. The van der Waals surface area contributed by atoms with Crippen LogP contribution >= 0.6 is 0 Å². The molecule has 0 saturated heterocycles. The molecule has 0 amide bonds. The van der Waals surface area contributed by atoms with Crippen LogP contribution in [0.3, 0.4) is 0 Å². The lowest BCUT2D eigenvalue weighted by Crippen LogP contribution is -2.14. The summed E-state index contributed by atoms with van der Waals surface area (Å²) in [4.78, 5) is 10.8. The Kier molecular flexibility index (Phi) is 5.70. The van der Waals surface area contributed by atoms with Crippen molar-refractivity contribution in [3.63, 3.8) is 0 Å². The van der Waals surface area contributed by atoms with Gasteiger partial charge in [-0.15, -0.1) is 0 Å². The van der Waals surface area contributed by atoms with Crippen LogP contribution in [0.1, 0.15) is 25.0 Å². The topological polar surface area (TPSA) is 43.9 Å². The Morgan fingerprint density at radius 3 is 1.98 bits per heavy atom. The first-order chi connectivity index (χ1) is 25.1. The van der Waals surface area contributed by atoms with E-state index in [-0.39, 0.29) is 5.41 Å². The van der Waals surface area contributed by atoms with Crippen molar-refractivity contribution in [1.29, 1.82) is 0 Å². The Bertz CT molecular complexity index is 3060. The molecule has 0 atom stereocenters. The minimum Gasteiger partial charge on any atom is -0.455 e. The molecule has 0 aliphatic heterocycles. The molecule has 0 saturated carbocycles. The summed E-state index contributed by atoms with van der Waals surface area (Å²) in [5.41, 5.74) is 13.9. The van der Waals surface area contributed by atoms with Gasteiger partial charge in [0.05, 0.1) is 22.2 Å². The smallest absolute Gasteiger partial charge is 0.235 e. The Morgan fingerprint density at radius 1 is 0.490 bits per heavy atom. The molecule has 0 spiro atoms. The fraction of sp³-hybridized carbons (Fsp3) is 0.0638. The van der Waals surface area contributed by atoms with Crippen molar-refractivity contribution in [2.75, 3.05) is 0 Å². The molecule has 0 bridgehead atoms. The van der Waals surface area contributed by atoms with E-state index in [1.54, 1.807) is 0 Å². The van der Waals surface area contributed by atoms with Gasteiger partial charge in [0.2, 0.25) is 5.95 Å². The molecule has 0 radical (unpaired) electrons. The summed E-state index contributed by atoms with van der Waals surface area (Å²) in [6, 6.07) is 53.7. The van der Waals surface area contributed by atoms with Crippen molar-refractivity contribution >= 4 is 54.6 Å². The van der Waals surface area contributed by atoms with Gasteiger partial charge in [-0.3, -0.25) is 4.57 Å². The second kappa shape index (κ2) is 10.3. The van der Waals surface area contributed by atoms with Crippen molar-refractivity contribution in [3.8, 4) is 39.5 Å². The van der Waals surface area contributed by atoms with E-state index in [1.165, 1.54) is 33.0 Å². The summed E-state index contributed by atoms with van der Waals surface area (Å²) in [7, 11) is 0. The van der Waals surface area contributed by atoms with Crippen molar-refractivity contribution in [2.24, 2.45) is 0 Å². The first-order valence-electron chi connectivity index (χ1n) is 17.5. The molecule has 4 nitrogen and oxygen atoms in total. The van der Waals surface area contributed by atoms with Gasteiger partial charge in [-0.05, 0) is 40.5 Å². The molecule has 3 aromatic heterocycles. The van der Waals surface area contributed by atoms with Crippen LogP contribution in [0.25, 0.3) is 94.1 Å². The third-order valence-electron chi connectivity index (χ3n) is 11.0. The largest absolute Gasteiger partial charge is 0.455 e. The first kappa shape index (κ1) is 28.3. The highest BCUT2D eigenvalue weighted by Gasteiger charge is 2.37. The third-order valence-corrected chi connectivity index (χ3v) is 11.0. The number of furan rings is 1. The molecule has 1 aliphatic rings. The monoisotopic (exact) mass is 653 g/mol. The lowest BCUT2D eigenvalue weighted by Gasteiger charge is -2.21. The number of rotatable bonds is 3. The maximum absolute atomic E-state index is 6.90. The molecule has 1 aliphatic carbocycles. The normalized spacial score (nSPS) is 13.5. The van der Waals surface area contributed by atoms with Gasteiger partial charge in [0, 0.05) is 49.0 Å². The molecular formula is C47H31N3O. The lowest BCUT2D eigenvalue weighted by molar-refractivity contribution is 0.660. The predicted molar refractivity (Wildman–Crippen MR) is 210 cm³/mol. The van der Waals surface area contributed by atoms with E-state index in [2.05, 4.69) is 164 Å². The van der Waals surface area contributed by atoms with Gasteiger partial charge in [-0.1, -0.05) is 147 Å². The van der Waals surface area contributed by atoms with Crippen molar-refractivity contribution in [1.82, 2.24) is 14.5 Å². The molecule has 0 N–H and O–H groups in total. The molecule has 240 valence electrons. The molecule has 4 heteroatoms. The molecule has 11 rings (SSSR count). The van der Waals surface area contributed by atoms with E-state index < -0.39 is 0 Å². The number of hydrogen-bond donors (Lipinski definition) is 0. The van der Waals surface area contributed by atoms with Gasteiger partial charge >= 0.3 is 0 Å². The number of benzene rings is 7. The second-order valence-corrected chi connectivity index (χ2v) is 14.1. The average molecular weight is 654 g/mol. The summed E-state index contributed by atoms with van der Waals surface area (Å²) in [6.45, 7) is 4.66. The Morgan fingerprint density at radius 2 is 1.14 bits per heavy atom. The molecule has 0 fully saturated rings. The van der Waals surface area contributed by atoms with Crippen LogP contribution in [0.4, 0.5) is 0 Å². The molecule has 3 heterocycles. The van der Waals surface area contributed by atoms with Crippen LogP contribution in [0.5, 0.6) is 0 Å². The van der Waals surface area contributed by atoms with Gasteiger partial charge in [0.1, 0.15) is 11.2 Å². The summed E-state index contributed by atoms with van der Waals surface area (Å²) < 4.78 is 9.19. The van der Waals surface area contributed by atoms with Gasteiger partial charge in [0.25, 0.3) is 0 Å². The molecule has 7 aromatic carbocycles. The zero-order valence-corrected chi connectivity index (χ0v) is 28.2. The van der Waals surface area contributed by atoms with Crippen LogP contribution in [0, 0.1) is 0 Å². The van der Waals surface area contributed by atoms with Crippen LogP contribution in [-0.2, 0) is 5.41 Å². The highest BCUT2D eigenvalue weighted by atomic mass is 16.3. The maximum atomic E-state index is 6.90. The minimum absolute atomic E-state index is 0.133. The Hall–Kier alpha value is -6.52. The number of hydrogen-bond acceptors (Lipinski definition) is 3. The highest BCUT2D eigenvalue weighted by Crippen LogP contribution is 2.53.